The SMILES string of the molecule is B[C@]1(c2cccc(OCCCOc3ccc(Oc4ccccc4)cc3CCC)c2)SC(=O)NC1=O. The molecule has 1 N–H and O–H groups in total. The van der Waals surface area contributed by atoms with Crippen molar-refractivity contribution in [1.29, 1.82) is 0 Å². The van der Waals surface area contributed by atoms with E-state index >= 15 is 0 Å². The van der Waals surface area contributed by atoms with Crippen LogP contribution in [0.15, 0.2) is 72.8 Å². The van der Waals surface area contributed by atoms with E-state index in [9.17, 15) is 9.59 Å². The van der Waals surface area contributed by atoms with Gasteiger partial charge in [0.15, 0.2) is 0 Å². The van der Waals surface area contributed by atoms with Gasteiger partial charge in [0.25, 0.3) is 5.24 Å². The number of hydrogen-bond acceptors (Lipinski definition) is 6. The number of aryl methyl sites for hydroxylation is 1. The molecular weight excluding hydrogens is 461 g/mol. The van der Waals surface area contributed by atoms with Crippen molar-refractivity contribution < 1.29 is 23.8 Å². The van der Waals surface area contributed by atoms with Crippen LogP contribution in [0, 0.1) is 0 Å². The molecule has 0 aliphatic carbocycles. The molecule has 0 unspecified atom stereocenters. The molecule has 6 nitrogen and oxygen atoms in total. The number of para-hydroxylation sites is 1. The summed E-state index contributed by atoms with van der Waals surface area (Å²) in [7, 11) is 1.74. The van der Waals surface area contributed by atoms with Crippen molar-refractivity contribution in [2.45, 2.75) is 30.8 Å². The Labute approximate surface area is 210 Å². The summed E-state index contributed by atoms with van der Waals surface area (Å²) in [6.45, 7) is 3.12. The van der Waals surface area contributed by atoms with Gasteiger partial charge in [0.1, 0.15) is 30.8 Å². The number of hydrogen-bond donors (Lipinski definition) is 1. The molecule has 180 valence electrons. The molecule has 1 heterocycles. The fourth-order valence-corrected chi connectivity index (χ4v) is 4.73. The lowest BCUT2D eigenvalue weighted by molar-refractivity contribution is -0.120. The highest BCUT2D eigenvalue weighted by molar-refractivity contribution is 8.16. The molecule has 4 rings (SSSR count). The van der Waals surface area contributed by atoms with Gasteiger partial charge in [-0.15, -0.1) is 0 Å². The van der Waals surface area contributed by atoms with Crippen LogP contribution in [0.25, 0.3) is 0 Å². The second kappa shape index (κ2) is 11.4. The number of ether oxygens (including phenoxy) is 3. The summed E-state index contributed by atoms with van der Waals surface area (Å²) in [5.41, 5.74) is 1.85. The van der Waals surface area contributed by atoms with Gasteiger partial charge in [0, 0.05) is 6.42 Å². The lowest BCUT2D eigenvalue weighted by atomic mass is 9.79. The maximum atomic E-state index is 12.2. The fourth-order valence-electron chi connectivity index (χ4n) is 3.82. The van der Waals surface area contributed by atoms with Gasteiger partial charge in [-0.25, -0.2) is 0 Å². The van der Waals surface area contributed by atoms with Gasteiger partial charge in [-0.2, -0.15) is 0 Å². The highest BCUT2D eigenvalue weighted by atomic mass is 32.2. The van der Waals surface area contributed by atoms with Crippen LogP contribution in [0.1, 0.15) is 30.9 Å². The van der Waals surface area contributed by atoms with Gasteiger partial charge in [0.2, 0.25) is 5.91 Å². The zero-order valence-corrected chi connectivity index (χ0v) is 20.7. The van der Waals surface area contributed by atoms with Crippen molar-refractivity contribution in [3.05, 3.63) is 83.9 Å². The van der Waals surface area contributed by atoms with E-state index in [-0.39, 0.29) is 11.1 Å². The summed E-state index contributed by atoms with van der Waals surface area (Å²) in [4.78, 5) is 23.9. The molecule has 0 spiro atoms. The first-order chi connectivity index (χ1) is 17.0. The van der Waals surface area contributed by atoms with Crippen molar-refractivity contribution in [3.63, 3.8) is 0 Å². The average Bonchev–Trinajstić information content (AvgIpc) is 3.13. The maximum Gasteiger partial charge on any atom is 0.286 e. The van der Waals surface area contributed by atoms with E-state index in [0.717, 1.165) is 53.0 Å². The molecule has 0 saturated carbocycles. The van der Waals surface area contributed by atoms with Crippen molar-refractivity contribution in [1.82, 2.24) is 5.32 Å². The molecule has 0 bridgehead atoms. The van der Waals surface area contributed by atoms with E-state index in [4.69, 9.17) is 14.2 Å². The Hall–Kier alpha value is -3.39. The lowest BCUT2D eigenvalue weighted by Crippen LogP contribution is -2.34. The molecule has 1 atom stereocenters. The Balaban J connectivity index is 1.30. The molecule has 3 aromatic rings. The highest BCUT2D eigenvalue weighted by Gasteiger charge is 2.45. The minimum absolute atomic E-state index is 0.305. The number of benzene rings is 3. The summed E-state index contributed by atoms with van der Waals surface area (Å²) in [5, 5.41) is 2.02. The molecule has 8 heteroatoms. The number of imide groups is 1. The topological polar surface area (TPSA) is 73.9 Å². The maximum absolute atomic E-state index is 12.2. The molecule has 2 amide bonds. The lowest BCUT2D eigenvalue weighted by Gasteiger charge is -2.20. The third kappa shape index (κ3) is 6.19. The number of amides is 2. The molecule has 1 fully saturated rings. The number of nitrogens with one attached hydrogen (secondary N) is 1. The molecule has 0 aromatic heterocycles. The largest absolute Gasteiger partial charge is 0.493 e. The third-order valence-electron chi connectivity index (χ3n) is 5.68. The average molecular weight is 489 g/mol. The van der Waals surface area contributed by atoms with Crippen LogP contribution in [-0.4, -0.2) is 32.2 Å². The van der Waals surface area contributed by atoms with E-state index in [1.165, 1.54) is 0 Å². The normalized spacial score (nSPS) is 17.2. The second-order valence-corrected chi connectivity index (χ2v) is 9.78. The summed E-state index contributed by atoms with van der Waals surface area (Å²) in [6.07, 6.45) is 2.60. The number of thioether (sulfide) groups is 1. The number of rotatable bonds is 11. The summed E-state index contributed by atoms with van der Waals surface area (Å²) in [5.74, 6) is 2.81. The summed E-state index contributed by atoms with van der Waals surface area (Å²) < 4.78 is 17.0. The van der Waals surface area contributed by atoms with E-state index in [1.807, 2.05) is 72.8 Å². The molecule has 1 aliphatic rings. The van der Waals surface area contributed by atoms with Crippen LogP contribution in [0.4, 0.5) is 4.79 Å². The van der Waals surface area contributed by atoms with Crippen molar-refractivity contribution in [2.24, 2.45) is 0 Å². The first-order valence-corrected chi connectivity index (χ1v) is 12.6. The van der Waals surface area contributed by atoms with Crippen LogP contribution < -0.4 is 19.5 Å². The summed E-state index contributed by atoms with van der Waals surface area (Å²) >= 11 is 0.990. The van der Waals surface area contributed by atoms with Crippen molar-refractivity contribution in [2.75, 3.05) is 13.2 Å². The number of carbonyl (C=O) groups excluding carboxylic acids is 2. The predicted molar refractivity (Wildman–Crippen MR) is 140 cm³/mol. The zero-order chi connectivity index (χ0) is 24.7. The highest BCUT2D eigenvalue weighted by Crippen LogP contribution is 2.39. The Bertz CT molecular complexity index is 1190. The second-order valence-electron chi connectivity index (χ2n) is 8.39. The standard InChI is InChI=1S/C27H28BNO5S/c1-2-8-19-17-23(34-21-10-4-3-5-11-21)13-14-24(19)33-16-7-15-32-22-12-6-9-20(18-22)27(28)25(30)29-26(31)35-27/h3-6,9-14,17-18H,2,7-8,15-16,28H2,1H3,(H,29,30,31)/t27-/m1/s1. The van der Waals surface area contributed by atoms with Crippen molar-refractivity contribution >= 4 is 30.8 Å². The molecule has 3 aromatic carbocycles. The molecule has 1 aliphatic heterocycles. The van der Waals surface area contributed by atoms with Crippen LogP contribution in [0.5, 0.6) is 23.0 Å². The van der Waals surface area contributed by atoms with E-state index < -0.39 is 4.65 Å². The molecule has 1 saturated heterocycles. The smallest absolute Gasteiger partial charge is 0.286 e. The Morgan fingerprint density at radius 2 is 1.66 bits per heavy atom. The summed E-state index contributed by atoms with van der Waals surface area (Å²) in [6, 6.07) is 23.0. The van der Waals surface area contributed by atoms with E-state index in [0.29, 0.717) is 25.4 Å². The van der Waals surface area contributed by atoms with Gasteiger partial charge in [-0.1, -0.05) is 55.4 Å². The first kappa shape index (κ1) is 24.7. The number of carbonyl (C=O) groups is 2. The van der Waals surface area contributed by atoms with Crippen LogP contribution in [0.2, 0.25) is 0 Å². The van der Waals surface area contributed by atoms with E-state index in [2.05, 4.69) is 12.2 Å². The van der Waals surface area contributed by atoms with Crippen LogP contribution in [0.3, 0.4) is 0 Å². The fraction of sp³-hybridized carbons (Fsp3) is 0.259. The minimum atomic E-state index is -0.939. The predicted octanol–water partition coefficient (Wildman–Crippen LogP) is 5.05. The first-order valence-electron chi connectivity index (χ1n) is 11.7. The van der Waals surface area contributed by atoms with Gasteiger partial charge >= 0.3 is 0 Å². The molecule has 35 heavy (non-hydrogen) atoms. The van der Waals surface area contributed by atoms with Gasteiger partial charge in [-0.3, -0.25) is 14.9 Å². The van der Waals surface area contributed by atoms with Gasteiger partial charge < -0.3 is 14.2 Å². The Kier molecular flexibility index (Phi) is 8.03. The van der Waals surface area contributed by atoms with Gasteiger partial charge in [-0.05, 0) is 60.0 Å². The van der Waals surface area contributed by atoms with Crippen LogP contribution >= 0.6 is 11.8 Å². The molecular formula is C27H28BNO5S. The monoisotopic (exact) mass is 489 g/mol. The Morgan fingerprint density at radius 3 is 2.40 bits per heavy atom. The third-order valence-corrected chi connectivity index (χ3v) is 6.79. The Morgan fingerprint density at radius 1 is 0.886 bits per heavy atom. The van der Waals surface area contributed by atoms with Crippen molar-refractivity contribution in [3.8, 4) is 23.0 Å². The van der Waals surface area contributed by atoms with Crippen LogP contribution in [-0.2, 0) is 15.9 Å². The minimum Gasteiger partial charge on any atom is -0.493 e. The van der Waals surface area contributed by atoms with Gasteiger partial charge in [0.05, 0.1) is 17.9 Å². The molecule has 0 radical (unpaired) electrons. The van der Waals surface area contributed by atoms with E-state index in [1.54, 1.807) is 7.85 Å². The quantitative estimate of drug-likeness (QED) is 0.300. The zero-order valence-electron chi connectivity index (χ0n) is 19.9.